The van der Waals surface area contributed by atoms with Gasteiger partial charge in [0.15, 0.2) is 32.5 Å². The minimum atomic E-state index is -1.62. The van der Waals surface area contributed by atoms with Gasteiger partial charge >= 0.3 is 11.9 Å². The fraction of sp³-hybridized carbons (Fsp3) is 0.369. The van der Waals surface area contributed by atoms with E-state index in [0.29, 0.717) is 36.9 Å². The molecular weight excluding hydrogens is 1200 g/mol. The first-order valence-electron chi connectivity index (χ1n) is 28.8. The van der Waals surface area contributed by atoms with Crippen molar-refractivity contribution >= 4 is 87.0 Å². The van der Waals surface area contributed by atoms with E-state index in [1.54, 1.807) is 52.0 Å². The lowest BCUT2D eigenvalue weighted by molar-refractivity contribution is -0.910. The highest BCUT2D eigenvalue weighted by atomic mass is 35.5. The number of likely N-dealkylation sites (tertiary alicyclic amines) is 1. The van der Waals surface area contributed by atoms with Gasteiger partial charge in [-0.1, -0.05) is 108 Å². The van der Waals surface area contributed by atoms with Crippen molar-refractivity contribution < 1.29 is 61.7 Å². The number of carbonyl (C=O) groups is 5. The highest BCUT2D eigenvalue weighted by molar-refractivity contribution is 8.20. The lowest BCUT2D eigenvalue weighted by Gasteiger charge is -2.41. The van der Waals surface area contributed by atoms with Crippen LogP contribution in [0.4, 0.5) is 5.13 Å². The molecule has 4 N–H and O–H groups in total. The van der Waals surface area contributed by atoms with Crippen LogP contribution in [-0.4, -0.2) is 136 Å². The van der Waals surface area contributed by atoms with Crippen LogP contribution >= 0.6 is 46.5 Å². The number of thiazole rings is 1. The maximum atomic E-state index is 15.1. The number of rotatable bonds is 27. The molecule has 0 spiro atoms. The first-order chi connectivity index (χ1) is 42.2. The molecule has 0 bridgehead atoms. The molecule has 5 aromatic carbocycles. The number of oxime groups is 1. The first kappa shape index (κ1) is 64.7. The van der Waals surface area contributed by atoms with Crippen molar-refractivity contribution in [3.63, 3.8) is 0 Å². The summed E-state index contributed by atoms with van der Waals surface area (Å²) in [5.41, 5.74) is 6.83. The second-order valence-corrected chi connectivity index (χ2v) is 27.1. The van der Waals surface area contributed by atoms with Crippen molar-refractivity contribution in [2.75, 3.05) is 65.0 Å². The summed E-state index contributed by atoms with van der Waals surface area (Å²) in [6.07, 6.45) is 5.43. The highest BCUT2D eigenvalue weighted by Crippen LogP contribution is 2.54. The van der Waals surface area contributed by atoms with Gasteiger partial charge in [-0.15, -0.1) is 34.9 Å². The number of thioether (sulfide) groups is 2. The highest BCUT2D eigenvalue weighted by Gasteiger charge is 2.63. The molecule has 6 aromatic rings. The lowest BCUT2D eigenvalue weighted by Crippen LogP contribution is -2.68. The zero-order chi connectivity index (χ0) is 62.6. The van der Waals surface area contributed by atoms with Crippen LogP contribution < -0.4 is 35.3 Å². The molecule has 3 atom stereocenters. The zero-order valence-corrected chi connectivity index (χ0v) is 53.4. The number of fused-ring (bicyclic) bond motifs is 1. The SMILES string of the molecule is COc1ccc(COc2ccc(C(=O)NCC[N+]3(C/C=C/CS[C@]4(C(=O)OC(c5ccccc5)c5ccccc5)CN5C(=O)[C@@H](NC(=O)/C(=N\OC(C)(C)C(=O)OC(C)(C)C)c6csc(N)n6)[C@H]5S4)CCCC3)c(Cl)c2OCc2ccc(OC)cc2)cc1. The molecule has 9 rings (SSSR count). The Bertz CT molecular complexity index is 3450. The average Bonchev–Trinajstić information content (AvgIpc) is 1.59. The number of nitrogens with two attached hydrogens (primary N) is 1. The molecule has 464 valence electrons. The van der Waals surface area contributed by atoms with Crippen molar-refractivity contribution in [1.82, 2.24) is 20.5 Å². The number of methoxy groups -OCH3 is 2. The van der Waals surface area contributed by atoms with Gasteiger partial charge in [-0.25, -0.2) is 14.6 Å². The Labute approximate surface area is 530 Å². The number of β-lactam (4-membered cyclic amide) rings is 1. The van der Waals surface area contributed by atoms with Crippen LogP contribution in [0.15, 0.2) is 144 Å². The van der Waals surface area contributed by atoms with Crippen LogP contribution in [0, 0.1) is 0 Å². The van der Waals surface area contributed by atoms with E-state index in [2.05, 4.69) is 26.8 Å². The van der Waals surface area contributed by atoms with Gasteiger partial charge in [-0.2, -0.15) is 0 Å². The van der Waals surface area contributed by atoms with Crippen molar-refractivity contribution in [1.29, 1.82) is 0 Å². The molecule has 3 aliphatic heterocycles. The maximum Gasteiger partial charge on any atom is 0.353 e. The van der Waals surface area contributed by atoms with E-state index in [9.17, 15) is 19.2 Å². The van der Waals surface area contributed by atoms with Crippen molar-refractivity contribution in [3.8, 4) is 23.0 Å². The Morgan fingerprint density at radius 1 is 0.852 bits per heavy atom. The van der Waals surface area contributed by atoms with E-state index in [1.807, 2.05) is 115 Å². The Morgan fingerprint density at radius 2 is 1.47 bits per heavy atom. The summed E-state index contributed by atoms with van der Waals surface area (Å²) >= 11 is 10.7. The van der Waals surface area contributed by atoms with E-state index >= 15 is 4.79 Å². The fourth-order valence-corrected chi connectivity index (χ4v) is 14.0. The number of hydrogen-bond donors (Lipinski definition) is 3. The lowest BCUT2D eigenvalue weighted by atomic mass is 10.0. The number of benzene rings is 5. The quantitative estimate of drug-likeness (QED) is 0.0109. The predicted octanol–water partition coefficient (Wildman–Crippen LogP) is 10.2. The number of hydrogen-bond acceptors (Lipinski definition) is 18. The normalized spacial score (nSPS) is 18.1. The number of nitrogen functional groups attached to an aromatic ring is 1. The summed E-state index contributed by atoms with van der Waals surface area (Å²) in [4.78, 5) is 82.1. The third-order valence-electron chi connectivity index (χ3n) is 15.0. The Balaban J connectivity index is 0.885. The van der Waals surface area contributed by atoms with Crippen molar-refractivity contribution in [2.45, 2.75) is 93.5 Å². The molecule has 0 radical (unpaired) electrons. The smallest absolute Gasteiger partial charge is 0.353 e. The summed E-state index contributed by atoms with van der Waals surface area (Å²) in [5.74, 6) is -0.391. The van der Waals surface area contributed by atoms with Crippen molar-refractivity contribution in [2.24, 2.45) is 5.16 Å². The predicted molar refractivity (Wildman–Crippen MR) is 342 cm³/mol. The monoisotopic (exact) mass is 1270 g/mol. The Kier molecular flexibility index (Phi) is 21.0. The van der Waals surface area contributed by atoms with Gasteiger partial charge in [-0.3, -0.25) is 14.4 Å². The molecule has 23 heteroatoms. The Hall–Kier alpha value is -7.76. The summed E-state index contributed by atoms with van der Waals surface area (Å²) in [5, 5.41) is 11.2. The largest absolute Gasteiger partial charge is 0.497 e. The number of esters is 2. The van der Waals surface area contributed by atoms with Crippen LogP contribution in [0.5, 0.6) is 23.0 Å². The summed E-state index contributed by atoms with van der Waals surface area (Å²) in [7, 11) is 3.21. The topological polar surface area (TPSA) is 229 Å². The van der Waals surface area contributed by atoms with Crippen LogP contribution in [0.3, 0.4) is 0 Å². The molecule has 1 aromatic heterocycles. The van der Waals surface area contributed by atoms with Crippen LogP contribution in [0.2, 0.25) is 5.02 Å². The third kappa shape index (κ3) is 15.9. The summed E-state index contributed by atoms with van der Waals surface area (Å²) < 4.78 is 34.7. The average molecular weight is 1280 g/mol. The fourth-order valence-electron chi connectivity index (χ4n) is 10.1. The third-order valence-corrected chi connectivity index (χ3v) is 19.2. The van der Waals surface area contributed by atoms with Crippen LogP contribution in [0.25, 0.3) is 0 Å². The molecule has 0 saturated carbocycles. The van der Waals surface area contributed by atoms with E-state index < -0.39 is 56.6 Å². The molecule has 4 heterocycles. The number of anilines is 1. The number of nitrogens with one attached hydrogen (secondary N) is 2. The minimum absolute atomic E-state index is 0.00260. The second-order valence-electron chi connectivity index (χ2n) is 22.9. The number of nitrogens with zero attached hydrogens (tertiary/aromatic N) is 4. The Morgan fingerprint density at radius 3 is 2.05 bits per heavy atom. The van der Waals surface area contributed by atoms with E-state index in [1.165, 1.54) is 42.8 Å². The van der Waals surface area contributed by atoms with Gasteiger partial charge < -0.3 is 59.0 Å². The van der Waals surface area contributed by atoms with Crippen LogP contribution in [0.1, 0.15) is 91.9 Å². The van der Waals surface area contributed by atoms with Gasteiger partial charge in [0.1, 0.15) is 47.4 Å². The second kappa shape index (κ2) is 28.6. The maximum absolute atomic E-state index is 15.1. The molecule has 0 unspecified atom stereocenters. The van der Waals surface area contributed by atoms with Gasteiger partial charge in [0.2, 0.25) is 11.5 Å². The molecule has 3 fully saturated rings. The van der Waals surface area contributed by atoms with Crippen molar-refractivity contribution in [3.05, 3.63) is 177 Å². The van der Waals surface area contributed by atoms with Gasteiger partial charge in [0, 0.05) is 24.0 Å². The molecule has 3 aliphatic rings. The van der Waals surface area contributed by atoms with E-state index in [4.69, 9.17) is 50.6 Å². The number of carbonyl (C=O) groups excluding carboxylic acids is 5. The zero-order valence-electron chi connectivity index (χ0n) is 50.2. The summed E-state index contributed by atoms with van der Waals surface area (Å²) in [6.45, 7) is 12.0. The summed E-state index contributed by atoms with van der Waals surface area (Å²) in [6, 6.07) is 36.2. The molecule has 88 heavy (non-hydrogen) atoms. The molecular formula is C65H73ClN7O12S3+. The van der Waals surface area contributed by atoms with Crippen LogP contribution in [-0.2, 0) is 46.7 Å². The number of halogens is 1. The molecule has 3 amide bonds. The van der Waals surface area contributed by atoms with E-state index in [0.717, 1.165) is 69.8 Å². The molecule has 3 saturated heterocycles. The number of aromatic nitrogens is 1. The number of amides is 3. The number of quaternary nitrogens is 1. The molecule has 0 aliphatic carbocycles. The van der Waals surface area contributed by atoms with Gasteiger partial charge in [0.05, 0.1) is 64.1 Å². The van der Waals surface area contributed by atoms with Gasteiger partial charge in [-0.05, 0) is 99.3 Å². The van der Waals surface area contributed by atoms with E-state index in [-0.39, 0.29) is 58.5 Å². The number of ether oxygens (including phenoxy) is 6. The first-order valence-corrected chi connectivity index (χ1v) is 31.9. The van der Waals surface area contributed by atoms with Gasteiger partial charge in [0.25, 0.3) is 11.8 Å². The molecule has 19 nitrogen and oxygen atoms in total. The minimum Gasteiger partial charge on any atom is -0.497 e. The standard InChI is InChI=1S/C65H72ClN7O12S3/c1-63(2,3)84-60(77)64(4,5)85-71-52(49-40-86-62(67)69-49)57(75)70-53-58(76)72-41-65(88-59(53)72,61(78)83-54(44-18-10-8-11-19-44)45-20-12-9-13-21-45)87-37-17-16-35-73(33-14-15-34-73)36-32-68-56(74)48-30-31-50(81-38-42-22-26-46(79-6)27-23-42)55(51(48)66)82-39-43-24-28-47(80-7)29-25-43/h8-13,16-31,40,53-54,59H,14-15,32-39,41H2,1-7H3,(H3-,67,68,69,70,74,75)/p+1/b17-16+,71-52-/t53-,59-,65-/m1/s1.